The van der Waals surface area contributed by atoms with Crippen LogP contribution in [0.15, 0.2) is 40.9 Å². The molecule has 6 heteroatoms. The molecule has 2 aromatic carbocycles. The van der Waals surface area contributed by atoms with E-state index in [0.29, 0.717) is 5.69 Å². The standard InChI is InChI=1S/C13H9BrF2N2O/c14-9-5-7(1-3-10(9)15)13(19)18-12-6-8(17)2-4-11(12)16/h1-6H,17H2,(H,18,19). The van der Waals surface area contributed by atoms with E-state index in [9.17, 15) is 13.6 Å². The van der Waals surface area contributed by atoms with E-state index in [2.05, 4.69) is 21.2 Å². The number of hydrogen-bond donors (Lipinski definition) is 2. The van der Waals surface area contributed by atoms with Gasteiger partial charge in [0.05, 0.1) is 10.2 Å². The van der Waals surface area contributed by atoms with Crippen molar-refractivity contribution in [3.8, 4) is 0 Å². The molecule has 0 atom stereocenters. The fraction of sp³-hybridized carbons (Fsp3) is 0. The summed E-state index contributed by atoms with van der Waals surface area (Å²) in [5.41, 5.74) is 6.02. The zero-order valence-electron chi connectivity index (χ0n) is 9.58. The van der Waals surface area contributed by atoms with Gasteiger partial charge in [0, 0.05) is 11.3 Å². The Morgan fingerprint density at radius 1 is 1.11 bits per heavy atom. The van der Waals surface area contributed by atoms with Crippen molar-refractivity contribution in [1.29, 1.82) is 0 Å². The molecule has 0 aliphatic rings. The third-order valence-electron chi connectivity index (χ3n) is 2.42. The first-order valence-electron chi connectivity index (χ1n) is 5.29. The maximum absolute atomic E-state index is 13.4. The van der Waals surface area contributed by atoms with Crippen molar-refractivity contribution in [3.05, 3.63) is 58.1 Å². The zero-order valence-corrected chi connectivity index (χ0v) is 11.2. The molecule has 19 heavy (non-hydrogen) atoms. The van der Waals surface area contributed by atoms with E-state index in [0.717, 1.165) is 12.1 Å². The number of rotatable bonds is 2. The molecule has 2 aromatic rings. The molecule has 0 aliphatic carbocycles. The molecule has 0 fully saturated rings. The smallest absolute Gasteiger partial charge is 0.255 e. The van der Waals surface area contributed by atoms with Crippen molar-refractivity contribution < 1.29 is 13.6 Å². The summed E-state index contributed by atoms with van der Waals surface area (Å²) in [6.45, 7) is 0. The fourth-order valence-electron chi connectivity index (χ4n) is 1.47. The number of halogens is 3. The average molecular weight is 327 g/mol. The highest BCUT2D eigenvalue weighted by molar-refractivity contribution is 9.10. The number of carbonyl (C=O) groups is 1. The van der Waals surface area contributed by atoms with Gasteiger partial charge in [-0.25, -0.2) is 8.78 Å². The van der Waals surface area contributed by atoms with Crippen LogP contribution in [0.1, 0.15) is 10.4 Å². The lowest BCUT2D eigenvalue weighted by Gasteiger charge is -2.07. The SMILES string of the molecule is Nc1ccc(F)c(NC(=O)c2ccc(F)c(Br)c2)c1. The molecule has 3 N–H and O–H groups in total. The Bertz CT molecular complexity index is 647. The molecule has 1 amide bonds. The highest BCUT2D eigenvalue weighted by Crippen LogP contribution is 2.20. The van der Waals surface area contributed by atoms with E-state index in [1.807, 2.05) is 0 Å². The molecule has 0 unspecified atom stereocenters. The van der Waals surface area contributed by atoms with Crippen LogP contribution >= 0.6 is 15.9 Å². The van der Waals surface area contributed by atoms with Crippen molar-refractivity contribution in [2.45, 2.75) is 0 Å². The van der Waals surface area contributed by atoms with E-state index in [1.54, 1.807) is 0 Å². The summed E-state index contributed by atoms with van der Waals surface area (Å²) in [6.07, 6.45) is 0. The molecule has 0 spiro atoms. The van der Waals surface area contributed by atoms with Crippen LogP contribution in [0.3, 0.4) is 0 Å². The molecule has 0 saturated heterocycles. The van der Waals surface area contributed by atoms with Gasteiger partial charge in [-0.05, 0) is 52.3 Å². The first kappa shape index (κ1) is 13.5. The van der Waals surface area contributed by atoms with Gasteiger partial charge in [-0.2, -0.15) is 0 Å². The van der Waals surface area contributed by atoms with E-state index in [-0.39, 0.29) is 15.7 Å². The zero-order chi connectivity index (χ0) is 14.0. The fourth-order valence-corrected chi connectivity index (χ4v) is 1.85. The monoisotopic (exact) mass is 326 g/mol. The average Bonchev–Trinajstić information content (AvgIpc) is 2.37. The summed E-state index contributed by atoms with van der Waals surface area (Å²) in [7, 11) is 0. The predicted molar refractivity (Wildman–Crippen MR) is 72.9 cm³/mol. The van der Waals surface area contributed by atoms with Crippen molar-refractivity contribution in [2.75, 3.05) is 11.1 Å². The number of nitrogens with one attached hydrogen (secondary N) is 1. The Kier molecular flexibility index (Phi) is 3.80. The van der Waals surface area contributed by atoms with Crippen LogP contribution in [0.5, 0.6) is 0 Å². The van der Waals surface area contributed by atoms with Gasteiger partial charge >= 0.3 is 0 Å². The number of benzene rings is 2. The van der Waals surface area contributed by atoms with Gasteiger partial charge in [0.2, 0.25) is 0 Å². The summed E-state index contributed by atoms with van der Waals surface area (Å²) < 4.78 is 26.7. The van der Waals surface area contributed by atoms with E-state index in [4.69, 9.17) is 5.73 Å². The van der Waals surface area contributed by atoms with E-state index < -0.39 is 17.5 Å². The van der Waals surface area contributed by atoms with Gasteiger partial charge in [-0.15, -0.1) is 0 Å². The van der Waals surface area contributed by atoms with Crippen LogP contribution in [0.4, 0.5) is 20.2 Å². The molecule has 0 bridgehead atoms. The maximum atomic E-state index is 13.4. The number of amides is 1. The maximum Gasteiger partial charge on any atom is 0.255 e. The normalized spacial score (nSPS) is 10.3. The number of nitrogens with two attached hydrogens (primary N) is 1. The molecule has 0 saturated carbocycles. The summed E-state index contributed by atoms with van der Waals surface area (Å²) >= 11 is 2.98. The highest BCUT2D eigenvalue weighted by Gasteiger charge is 2.11. The minimum absolute atomic E-state index is 0.0227. The molecule has 0 radical (unpaired) electrons. The van der Waals surface area contributed by atoms with Gasteiger partial charge in [-0.1, -0.05) is 0 Å². The number of anilines is 2. The lowest BCUT2D eigenvalue weighted by molar-refractivity contribution is 0.102. The van der Waals surface area contributed by atoms with E-state index >= 15 is 0 Å². The van der Waals surface area contributed by atoms with Crippen molar-refractivity contribution in [3.63, 3.8) is 0 Å². The second-order valence-electron chi connectivity index (χ2n) is 3.82. The first-order valence-corrected chi connectivity index (χ1v) is 6.08. The van der Waals surface area contributed by atoms with Gasteiger partial charge in [0.1, 0.15) is 11.6 Å². The molecular weight excluding hydrogens is 318 g/mol. The van der Waals surface area contributed by atoms with Crippen molar-refractivity contribution in [1.82, 2.24) is 0 Å². The second-order valence-corrected chi connectivity index (χ2v) is 4.68. The summed E-state index contributed by atoms with van der Waals surface area (Å²) in [4.78, 5) is 11.9. The van der Waals surface area contributed by atoms with Crippen LogP contribution in [-0.2, 0) is 0 Å². The van der Waals surface area contributed by atoms with Crippen molar-refractivity contribution >= 4 is 33.2 Å². The Morgan fingerprint density at radius 3 is 2.47 bits per heavy atom. The quantitative estimate of drug-likeness (QED) is 0.829. The first-order chi connectivity index (χ1) is 8.97. The van der Waals surface area contributed by atoms with Crippen LogP contribution < -0.4 is 11.1 Å². The predicted octanol–water partition coefficient (Wildman–Crippen LogP) is 3.56. The molecule has 3 nitrogen and oxygen atoms in total. The topological polar surface area (TPSA) is 55.1 Å². The molecule has 0 aliphatic heterocycles. The number of nitrogen functional groups attached to an aromatic ring is 1. The lowest BCUT2D eigenvalue weighted by Crippen LogP contribution is -2.13. The third kappa shape index (κ3) is 3.08. The molecule has 98 valence electrons. The van der Waals surface area contributed by atoms with E-state index in [1.165, 1.54) is 24.3 Å². The summed E-state index contributed by atoms with van der Waals surface area (Å²) in [5.74, 6) is -1.62. The molecule has 2 rings (SSSR count). The highest BCUT2D eigenvalue weighted by atomic mass is 79.9. The Morgan fingerprint density at radius 2 is 1.79 bits per heavy atom. The molecule has 0 aromatic heterocycles. The minimum Gasteiger partial charge on any atom is -0.399 e. The third-order valence-corrected chi connectivity index (χ3v) is 3.03. The Labute approximate surface area is 116 Å². The Hall–Kier alpha value is -1.95. The van der Waals surface area contributed by atoms with Crippen LogP contribution in [0.25, 0.3) is 0 Å². The van der Waals surface area contributed by atoms with Gasteiger partial charge < -0.3 is 11.1 Å². The second kappa shape index (κ2) is 5.36. The molecule has 0 heterocycles. The van der Waals surface area contributed by atoms with Gasteiger partial charge in [-0.3, -0.25) is 4.79 Å². The largest absolute Gasteiger partial charge is 0.399 e. The van der Waals surface area contributed by atoms with Gasteiger partial charge in [0.25, 0.3) is 5.91 Å². The van der Waals surface area contributed by atoms with Crippen molar-refractivity contribution in [2.24, 2.45) is 0 Å². The van der Waals surface area contributed by atoms with Crippen LogP contribution in [-0.4, -0.2) is 5.91 Å². The summed E-state index contributed by atoms with van der Waals surface area (Å²) in [5, 5.41) is 2.38. The lowest BCUT2D eigenvalue weighted by atomic mass is 10.2. The molecular formula is C13H9BrF2N2O. The minimum atomic E-state index is -0.594. The number of carbonyl (C=O) groups excluding carboxylic acids is 1. The summed E-state index contributed by atoms with van der Waals surface area (Å²) in [6, 6.07) is 7.63. The van der Waals surface area contributed by atoms with Gasteiger partial charge in [0.15, 0.2) is 0 Å². The number of hydrogen-bond acceptors (Lipinski definition) is 2. The van der Waals surface area contributed by atoms with Crippen LogP contribution in [0, 0.1) is 11.6 Å². The van der Waals surface area contributed by atoms with Crippen LogP contribution in [0.2, 0.25) is 0 Å². The Balaban J connectivity index is 2.25.